The number of hydrogen-bond acceptors (Lipinski definition) is 9. The van der Waals surface area contributed by atoms with Crippen LogP contribution in [0.1, 0.15) is 35.7 Å². The quantitative estimate of drug-likeness (QED) is 0.325. The lowest BCUT2D eigenvalue weighted by Gasteiger charge is -2.42. The number of rotatable bonds is 8. The van der Waals surface area contributed by atoms with Gasteiger partial charge in [0.25, 0.3) is 0 Å². The van der Waals surface area contributed by atoms with Crippen LogP contribution in [0.4, 0.5) is 5.69 Å². The Hall–Kier alpha value is -2.95. The summed E-state index contributed by atoms with van der Waals surface area (Å²) in [4.78, 5) is 15.3. The van der Waals surface area contributed by atoms with Crippen LogP contribution in [0.5, 0.6) is 0 Å². The summed E-state index contributed by atoms with van der Waals surface area (Å²) in [7, 11) is 0. The number of aliphatic hydroxyl groups excluding tert-OH is 4. The van der Waals surface area contributed by atoms with Gasteiger partial charge in [0, 0.05) is 36.7 Å². The second-order valence-corrected chi connectivity index (χ2v) is 9.39. The Bertz CT molecular complexity index is 1140. The van der Waals surface area contributed by atoms with E-state index in [2.05, 4.69) is 33.5 Å². The molecule has 2 fully saturated rings. The maximum Gasteiger partial charge on any atom is 0.159 e. The summed E-state index contributed by atoms with van der Waals surface area (Å²) in [6, 6.07) is 13.3. The average molecular weight is 478 g/mol. The van der Waals surface area contributed by atoms with Gasteiger partial charge in [0.15, 0.2) is 5.82 Å². The molecular formula is C26H31N5O4. The first kappa shape index (κ1) is 23.8. The number of anilines is 1. The lowest BCUT2D eigenvalue weighted by Crippen LogP contribution is -2.62. The number of nitrogens with one attached hydrogen (secondary N) is 1. The Morgan fingerprint density at radius 3 is 2.46 bits per heavy atom. The molecule has 3 aromatic rings. The van der Waals surface area contributed by atoms with Crippen molar-refractivity contribution in [2.45, 2.75) is 56.2 Å². The summed E-state index contributed by atoms with van der Waals surface area (Å²) < 4.78 is 0. The van der Waals surface area contributed by atoms with Gasteiger partial charge < -0.3 is 25.7 Å². The molecule has 1 aromatic carbocycles. The number of hydrogen-bond donors (Lipinski definition) is 5. The van der Waals surface area contributed by atoms with Gasteiger partial charge in [0.2, 0.25) is 0 Å². The van der Waals surface area contributed by atoms with E-state index in [0.717, 1.165) is 22.6 Å². The Labute approximate surface area is 204 Å². The van der Waals surface area contributed by atoms with Crippen molar-refractivity contribution in [1.82, 2.24) is 19.9 Å². The number of likely N-dealkylation sites (tertiary alicyclic amines) is 1. The van der Waals surface area contributed by atoms with Crippen molar-refractivity contribution in [3.8, 4) is 11.4 Å². The van der Waals surface area contributed by atoms with Gasteiger partial charge in [-0.25, -0.2) is 9.97 Å². The first-order chi connectivity index (χ1) is 17.0. The van der Waals surface area contributed by atoms with Gasteiger partial charge in [-0.15, -0.1) is 0 Å². The smallest absolute Gasteiger partial charge is 0.159 e. The summed E-state index contributed by atoms with van der Waals surface area (Å²) in [5, 5.41) is 43.4. The van der Waals surface area contributed by atoms with Crippen molar-refractivity contribution >= 4 is 5.69 Å². The summed E-state index contributed by atoms with van der Waals surface area (Å²) in [6.07, 6.45) is 2.31. The first-order valence-corrected chi connectivity index (χ1v) is 12.0. The molecule has 0 radical (unpaired) electrons. The Kier molecular flexibility index (Phi) is 7.03. The third-order valence-corrected chi connectivity index (χ3v) is 6.75. The normalized spacial score (nSPS) is 24.9. The number of benzene rings is 1. The molecule has 9 nitrogen and oxygen atoms in total. The highest BCUT2D eigenvalue weighted by atomic mass is 16.4. The van der Waals surface area contributed by atoms with Gasteiger partial charge in [-0.05, 0) is 60.7 Å². The number of aliphatic hydroxyl groups is 4. The van der Waals surface area contributed by atoms with E-state index in [9.17, 15) is 20.4 Å². The second kappa shape index (κ2) is 10.3. The minimum absolute atomic E-state index is 0.145. The van der Waals surface area contributed by atoms with Crippen molar-refractivity contribution < 1.29 is 20.4 Å². The molecule has 1 saturated heterocycles. The maximum absolute atomic E-state index is 10.2. The van der Waals surface area contributed by atoms with E-state index in [1.807, 2.05) is 24.3 Å². The van der Waals surface area contributed by atoms with Gasteiger partial charge in [0.1, 0.15) is 12.2 Å². The van der Waals surface area contributed by atoms with Crippen LogP contribution in [0.3, 0.4) is 0 Å². The van der Waals surface area contributed by atoms with Crippen molar-refractivity contribution in [2.75, 3.05) is 18.5 Å². The molecule has 1 saturated carbocycles. The van der Waals surface area contributed by atoms with Gasteiger partial charge in [0.05, 0.1) is 36.7 Å². The Morgan fingerprint density at radius 2 is 1.71 bits per heavy atom. The molecule has 184 valence electrons. The van der Waals surface area contributed by atoms with E-state index in [0.29, 0.717) is 24.8 Å². The second-order valence-electron chi connectivity index (χ2n) is 9.39. The third kappa shape index (κ3) is 5.50. The van der Waals surface area contributed by atoms with Crippen molar-refractivity contribution in [3.63, 3.8) is 0 Å². The summed E-state index contributed by atoms with van der Waals surface area (Å²) in [6.45, 7) is 0.680. The van der Waals surface area contributed by atoms with Crippen LogP contribution in [0.25, 0.3) is 11.4 Å². The predicted octanol–water partition coefficient (Wildman–Crippen LogP) is 1.29. The summed E-state index contributed by atoms with van der Waals surface area (Å²) in [5.74, 6) is 1.29. The van der Waals surface area contributed by atoms with E-state index in [4.69, 9.17) is 4.98 Å². The van der Waals surface area contributed by atoms with E-state index >= 15 is 0 Å². The van der Waals surface area contributed by atoms with Gasteiger partial charge in [-0.1, -0.05) is 6.07 Å². The van der Waals surface area contributed by atoms with Crippen LogP contribution in [0.15, 0.2) is 54.9 Å². The average Bonchev–Trinajstić information content (AvgIpc) is 3.73. The summed E-state index contributed by atoms with van der Waals surface area (Å²) >= 11 is 0. The minimum atomic E-state index is -1.27. The largest absolute Gasteiger partial charge is 0.395 e. The van der Waals surface area contributed by atoms with Crippen LogP contribution < -0.4 is 5.32 Å². The zero-order valence-corrected chi connectivity index (χ0v) is 19.4. The SMILES string of the molecule is OC[C@@H]1[C@@H](O)[C@H](O)[C@@H](O)CN1Cc1cccc(CNc2cc(-c3ncccn3)cc(C3CC3)c2)n1. The lowest BCUT2D eigenvalue weighted by atomic mass is 9.94. The Balaban J connectivity index is 1.29. The van der Waals surface area contributed by atoms with Crippen LogP contribution in [0.2, 0.25) is 0 Å². The maximum atomic E-state index is 10.2. The number of nitrogens with zero attached hydrogens (tertiary/aromatic N) is 4. The highest BCUT2D eigenvalue weighted by molar-refractivity contribution is 5.65. The molecule has 35 heavy (non-hydrogen) atoms. The standard InChI is InChI=1S/C26H31N5O4/c32-15-22-24(34)25(35)23(33)14-31(22)13-20-4-1-3-19(30-20)12-29-21-10-17(16-5-6-16)9-18(11-21)26-27-7-2-8-28-26/h1-4,7-11,16,22-25,29,32-35H,5-6,12-15H2/t22-,23+,24-,25-/m1/s1. The van der Waals surface area contributed by atoms with Crippen molar-refractivity contribution in [2.24, 2.45) is 0 Å². The third-order valence-electron chi connectivity index (χ3n) is 6.75. The highest BCUT2D eigenvalue weighted by Gasteiger charge is 2.41. The van der Waals surface area contributed by atoms with Gasteiger partial charge >= 0.3 is 0 Å². The predicted molar refractivity (Wildman–Crippen MR) is 130 cm³/mol. The molecule has 9 heteroatoms. The first-order valence-electron chi connectivity index (χ1n) is 12.0. The van der Waals surface area contributed by atoms with Crippen molar-refractivity contribution in [1.29, 1.82) is 0 Å². The van der Waals surface area contributed by atoms with Crippen LogP contribution >= 0.6 is 0 Å². The van der Waals surface area contributed by atoms with E-state index in [1.54, 1.807) is 17.3 Å². The molecular weight excluding hydrogens is 446 g/mol. The molecule has 3 heterocycles. The Morgan fingerprint density at radius 1 is 0.943 bits per heavy atom. The highest BCUT2D eigenvalue weighted by Crippen LogP contribution is 2.42. The van der Waals surface area contributed by atoms with E-state index < -0.39 is 24.4 Å². The zero-order valence-electron chi connectivity index (χ0n) is 19.4. The van der Waals surface area contributed by atoms with Gasteiger partial charge in [-0.3, -0.25) is 9.88 Å². The molecule has 2 aromatic heterocycles. The molecule has 1 aliphatic heterocycles. The molecule has 5 rings (SSSR count). The number of β-amino-alcohol motifs (C(OH)–C–C–N with tert-alkyl or cyclic N) is 1. The fourth-order valence-electron chi connectivity index (χ4n) is 4.66. The van der Waals surface area contributed by atoms with E-state index in [1.165, 1.54) is 18.4 Å². The number of pyridine rings is 1. The van der Waals surface area contributed by atoms with Crippen LogP contribution in [0, 0.1) is 0 Å². The molecule has 5 N–H and O–H groups in total. The monoisotopic (exact) mass is 477 g/mol. The summed E-state index contributed by atoms with van der Waals surface area (Å²) in [5.41, 5.74) is 4.86. The fourth-order valence-corrected chi connectivity index (χ4v) is 4.66. The molecule has 0 amide bonds. The molecule has 0 bridgehead atoms. The van der Waals surface area contributed by atoms with Gasteiger partial charge in [-0.2, -0.15) is 0 Å². The van der Waals surface area contributed by atoms with Crippen LogP contribution in [-0.2, 0) is 13.1 Å². The molecule has 1 aliphatic carbocycles. The molecule has 2 aliphatic rings. The molecule has 0 spiro atoms. The molecule has 0 unspecified atom stereocenters. The lowest BCUT2D eigenvalue weighted by molar-refractivity contribution is -0.147. The minimum Gasteiger partial charge on any atom is -0.395 e. The van der Waals surface area contributed by atoms with Crippen molar-refractivity contribution in [3.05, 3.63) is 71.8 Å². The molecule has 4 atom stereocenters. The zero-order chi connectivity index (χ0) is 24.4. The van der Waals surface area contributed by atoms with Crippen LogP contribution in [-0.4, -0.2) is 77.8 Å². The fraction of sp³-hybridized carbons (Fsp3) is 0.423. The van der Waals surface area contributed by atoms with E-state index in [-0.39, 0.29) is 13.2 Å². The number of aromatic nitrogens is 3. The number of piperidine rings is 1. The topological polar surface area (TPSA) is 135 Å².